The molecule has 1 unspecified atom stereocenters. The molecule has 1 amide bonds. The van der Waals surface area contributed by atoms with Crippen molar-refractivity contribution in [1.82, 2.24) is 0 Å². The van der Waals surface area contributed by atoms with Crippen LogP contribution in [0, 0.1) is 0 Å². The van der Waals surface area contributed by atoms with Crippen LogP contribution in [0.25, 0.3) is 0 Å². The first kappa shape index (κ1) is 14.8. The van der Waals surface area contributed by atoms with E-state index in [1.54, 1.807) is 0 Å². The van der Waals surface area contributed by atoms with Gasteiger partial charge in [0.25, 0.3) is 0 Å². The van der Waals surface area contributed by atoms with Crippen LogP contribution < -0.4 is 11.1 Å². The van der Waals surface area contributed by atoms with Crippen molar-refractivity contribution in [3.8, 4) is 0 Å². The van der Waals surface area contributed by atoms with Gasteiger partial charge in [-0.3, -0.25) is 4.79 Å². The second-order valence-corrected chi connectivity index (χ2v) is 6.43. The Morgan fingerprint density at radius 3 is 2.50 bits per heavy atom. The zero-order chi connectivity index (χ0) is 15.9. The van der Waals surface area contributed by atoms with Crippen LogP contribution in [0.2, 0.25) is 0 Å². The highest BCUT2D eigenvalue weighted by Gasteiger charge is 2.40. The van der Waals surface area contributed by atoms with Crippen molar-refractivity contribution in [2.45, 2.75) is 38.6 Å². The number of nitrogens with one attached hydrogen (secondary N) is 1. The number of nitrogens with two attached hydrogens (primary N) is 1. The number of carbonyl (C=O) groups excluding carboxylic acids is 1. The molecule has 1 atom stereocenters. The van der Waals surface area contributed by atoms with Crippen LogP contribution in [0.3, 0.4) is 0 Å². The van der Waals surface area contributed by atoms with E-state index in [9.17, 15) is 4.79 Å². The fourth-order valence-corrected chi connectivity index (χ4v) is 3.04. The van der Waals surface area contributed by atoms with Gasteiger partial charge in [-0.25, -0.2) is 0 Å². The Hall–Kier alpha value is -2.13. The van der Waals surface area contributed by atoms with Crippen LogP contribution in [-0.4, -0.2) is 5.91 Å². The minimum Gasteiger partial charge on any atom is -0.325 e. The van der Waals surface area contributed by atoms with Crippen LogP contribution in [0.15, 0.2) is 42.5 Å². The number of anilines is 1. The second kappa shape index (κ2) is 5.25. The third-order valence-electron chi connectivity index (χ3n) is 4.61. The summed E-state index contributed by atoms with van der Waals surface area (Å²) in [7, 11) is 0. The molecule has 0 aromatic heterocycles. The molecular weight excluding hydrogens is 272 g/mol. The lowest BCUT2D eigenvalue weighted by Gasteiger charge is -2.20. The van der Waals surface area contributed by atoms with Crippen molar-refractivity contribution in [2.75, 3.05) is 5.32 Å². The average Bonchev–Trinajstić information content (AvgIpc) is 2.76. The molecule has 0 aliphatic carbocycles. The van der Waals surface area contributed by atoms with Gasteiger partial charge in [-0.1, -0.05) is 49.4 Å². The summed E-state index contributed by atoms with van der Waals surface area (Å²) in [4.78, 5) is 12.3. The third-order valence-corrected chi connectivity index (χ3v) is 4.61. The molecule has 3 N–H and O–H groups in total. The number of benzene rings is 2. The van der Waals surface area contributed by atoms with E-state index >= 15 is 0 Å². The van der Waals surface area contributed by atoms with Crippen LogP contribution in [0.4, 0.5) is 5.69 Å². The molecule has 3 heteroatoms. The molecule has 3 nitrogen and oxygen atoms in total. The first-order valence-corrected chi connectivity index (χ1v) is 7.74. The minimum atomic E-state index is -0.508. The lowest BCUT2D eigenvalue weighted by Crippen LogP contribution is -2.26. The van der Waals surface area contributed by atoms with Gasteiger partial charge in [0.15, 0.2) is 0 Å². The molecule has 0 bridgehead atoms. The molecule has 0 spiro atoms. The normalized spacial score (nSPS) is 17.0. The zero-order valence-corrected chi connectivity index (χ0v) is 13.3. The number of hydrogen-bond donors (Lipinski definition) is 2. The Balaban J connectivity index is 2.17. The van der Waals surface area contributed by atoms with Crippen molar-refractivity contribution < 1.29 is 4.79 Å². The zero-order valence-electron chi connectivity index (χ0n) is 13.3. The Kier molecular flexibility index (Phi) is 3.53. The van der Waals surface area contributed by atoms with Crippen LogP contribution in [-0.2, 0) is 16.6 Å². The van der Waals surface area contributed by atoms with Crippen molar-refractivity contribution in [3.05, 3.63) is 64.7 Å². The van der Waals surface area contributed by atoms with Gasteiger partial charge < -0.3 is 11.1 Å². The topological polar surface area (TPSA) is 55.1 Å². The van der Waals surface area contributed by atoms with E-state index in [1.165, 1.54) is 5.56 Å². The minimum absolute atomic E-state index is 0.0391. The van der Waals surface area contributed by atoms with Gasteiger partial charge in [0, 0.05) is 0 Å². The Bertz CT molecular complexity index is 720. The molecule has 2 aromatic rings. The van der Waals surface area contributed by atoms with E-state index in [4.69, 9.17) is 5.73 Å². The van der Waals surface area contributed by atoms with Gasteiger partial charge in [-0.15, -0.1) is 0 Å². The molecule has 22 heavy (non-hydrogen) atoms. The van der Waals surface area contributed by atoms with Gasteiger partial charge in [0.2, 0.25) is 5.91 Å². The number of rotatable bonds is 3. The van der Waals surface area contributed by atoms with E-state index < -0.39 is 5.41 Å². The summed E-state index contributed by atoms with van der Waals surface area (Å²) in [5, 5.41) is 3.04. The summed E-state index contributed by atoms with van der Waals surface area (Å²) in [5.41, 5.74) is 11.2. The van der Waals surface area contributed by atoms with Crippen LogP contribution in [0.5, 0.6) is 0 Å². The monoisotopic (exact) mass is 294 g/mol. The van der Waals surface area contributed by atoms with Crippen molar-refractivity contribution in [3.63, 3.8) is 0 Å². The van der Waals surface area contributed by atoms with E-state index in [-0.39, 0.29) is 11.9 Å². The van der Waals surface area contributed by atoms with Crippen molar-refractivity contribution in [1.29, 1.82) is 0 Å². The van der Waals surface area contributed by atoms with Gasteiger partial charge in [0.05, 0.1) is 17.1 Å². The maximum absolute atomic E-state index is 12.3. The largest absolute Gasteiger partial charge is 0.325 e. The maximum atomic E-state index is 12.3. The number of carbonyl (C=O) groups is 1. The maximum Gasteiger partial charge on any atom is 0.234 e. The molecular formula is C19H22N2O. The van der Waals surface area contributed by atoms with E-state index in [1.807, 2.05) is 44.2 Å². The molecule has 114 valence electrons. The van der Waals surface area contributed by atoms with Crippen LogP contribution in [0.1, 0.15) is 49.1 Å². The number of fused-ring (bicyclic) bond motifs is 1. The molecule has 1 heterocycles. The standard InChI is InChI=1S/C19H22N2O/c1-4-12-10-14(16(20)13-8-6-5-7-9-13)17-15(11-12)19(2,3)18(22)21-17/h5-11,16H,4,20H2,1-3H3,(H,21,22). The molecule has 2 aromatic carbocycles. The smallest absolute Gasteiger partial charge is 0.234 e. The fraction of sp³-hybridized carbons (Fsp3) is 0.316. The quantitative estimate of drug-likeness (QED) is 0.910. The summed E-state index contributed by atoms with van der Waals surface area (Å²) in [6.07, 6.45) is 0.923. The predicted molar refractivity (Wildman–Crippen MR) is 89.9 cm³/mol. The molecule has 1 aliphatic rings. The van der Waals surface area contributed by atoms with Gasteiger partial charge >= 0.3 is 0 Å². The molecule has 1 aliphatic heterocycles. The number of amides is 1. The highest BCUT2D eigenvalue weighted by atomic mass is 16.2. The summed E-state index contributed by atoms with van der Waals surface area (Å²) >= 11 is 0. The summed E-state index contributed by atoms with van der Waals surface area (Å²) in [6, 6.07) is 14.0. The van der Waals surface area contributed by atoms with Gasteiger partial charge in [-0.2, -0.15) is 0 Å². The average molecular weight is 294 g/mol. The SMILES string of the molecule is CCc1cc(C(N)c2ccccc2)c2c(c1)C(C)(C)C(=O)N2. The summed E-state index contributed by atoms with van der Waals surface area (Å²) < 4.78 is 0. The van der Waals surface area contributed by atoms with Crippen molar-refractivity contribution in [2.24, 2.45) is 5.73 Å². The third kappa shape index (κ3) is 2.22. The highest BCUT2D eigenvalue weighted by molar-refractivity contribution is 6.06. The Morgan fingerprint density at radius 2 is 1.86 bits per heavy atom. The molecule has 0 radical (unpaired) electrons. The van der Waals surface area contributed by atoms with E-state index in [0.29, 0.717) is 0 Å². The van der Waals surface area contributed by atoms with Crippen molar-refractivity contribution >= 4 is 11.6 Å². The molecule has 0 fully saturated rings. The van der Waals surface area contributed by atoms with Gasteiger partial charge in [0.1, 0.15) is 0 Å². The Morgan fingerprint density at radius 1 is 1.18 bits per heavy atom. The first-order chi connectivity index (χ1) is 10.4. The van der Waals surface area contributed by atoms with Crippen LogP contribution >= 0.6 is 0 Å². The lowest BCUT2D eigenvalue weighted by molar-refractivity contribution is -0.119. The second-order valence-electron chi connectivity index (χ2n) is 6.43. The number of hydrogen-bond acceptors (Lipinski definition) is 2. The summed E-state index contributed by atoms with van der Waals surface area (Å²) in [6.45, 7) is 6.05. The highest BCUT2D eigenvalue weighted by Crippen LogP contribution is 2.42. The molecule has 0 saturated carbocycles. The van der Waals surface area contributed by atoms with Gasteiger partial charge in [-0.05, 0) is 42.5 Å². The predicted octanol–water partition coefficient (Wildman–Crippen LogP) is 3.53. The molecule has 0 saturated heterocycles. The lowest BCUT2D eigenvalue weighted by atomic mass is 9.83. The Labute approximate surface area is 131 Å². The number of aryl methyl sites for hydroxylation is 1. The van der Waals surface area contributed by atoms with E-state index in [2.05, 4.69) is 24.4 Å². The summed E-state index contributed by atoms with van der Waals surface area (Å²) in [5.74, 6) is 0.0391. The van der Waals surface area contributed by atoms with E-state index in [0.717, 1.165) is 28.8 Å². The molecule has 3 rings (SSSR count). The first-order valence-electron chi connectivity index (χ1n) is 7.74. The fourth-order valence-electron chi connectivity index (χ4n) is 3.04.